The lowest BCUT2D eigenvalue weighted by atomic mass is 9.85. The van der Waals surface area contributed by atoms with Crippen molar-refractivity contribution in [3.8, 4) is 0 Å². The third-order valence-corrected chi connectivity index (χ3v) is 3.65. The Bertz CT molecular complexity index is 523. The van der Waals surface area contributed by atoms with Crippen LogP contribution in [0.15, 0.2) is 28.7 Å². The van der Waals surface area contributed by atoms with Crippen LogP contribution in [0, 0.1) is 11.2 Å². The molecule has 0 aliphatic heterocycles. The fourth-order valence-corrected chi connectivity index (χ4v) is 2.26. The molecule has 0 saturated heterocycles. The summed E-state index contributed by atoms with van der Waals surface area (Å²) in [5, 5.41) is 11.9. The van der Waals surface area contributed by atoms with Gasteiger partial charge in [-0.25, -0.2) is 4.39 Å². The highest BCUT2D eigenvalue weighted by Gasteiger charge is 2.24. The van der Waals surface area contributed by atoms with Gasteiger partial charge in [-0.3, -0.25) is 4.79 Å². The number of amides is 1. The van der Waals surface area contributed by atoms with E-state index in [0.29, 0.717) is 12.0 Å². The summed E-state index contributed by atoms with van der Waals surface area (Å²) in [7, 11) is 0. The summed E-state index contributed by atoms with van der Waals surface area (Å²) in [5.74, 6) is -0.687. The van der Waals surface area contributed by atoms with Crippen molar-refractivity contribution in [3.63, 3.8) is 0 Å². The Labute approximate surface area is 133 Å². The molecule has 1 aromatic rings. The van der Waals surface area contributed by atoms with E-state index in [-0.39, 0.29) is 29.8 Å². The van der Waals surface area contributed by atoms with Gasteiger partial charge in [-0.15, -0.1) is 0 Å². The molecule has 3 nitrogen and oxygen atoms in total. The molecule has 0 spiro atoms. The molecule has 116 valence electrons. The first-order valence-electron chi connectivity index (χ1n) is 6.78. The molecule has 1 amide bonds. The molecule has 0 aliphatic carbocycles. The van der Waals surface area contributed by atoms with Crippen LogP contribution in [-0.2, 0) is 4.79 Å². The van der Waals surface area contributed by atoms with E-state index in [1.54, 1.807) is 12.1 Å². The second-order valence-electron chi connectivity index (χ2n) is 5.94. The van der Waals surface area contributed by atoms with Gasteiger partial charge in [0.25, 0.3) is 0 Å². The van der Waals surface area contributed by atoms with Gasteiger partial charge in [-0.1, -0.05) is 36.7 Å². The first kappa shape index (κ1) is 17.9. The molecule has 0 aromatic heterocycles. The highest BCUT2D eigenvalue weighted by atomic mass is 79.9. The van der Waals surface area contributed by atoms with Gasteiger partial charge in [0.05, 0.1) is 0 Å². The molecule has 5 heteroatoms. The van der Waals surface area contributed by atoms with Crippen molar-refractivity contribution in [2.75, 3.05) is 6.61 Å². The minimum absolute atomic E-state index is 0.00614. The molecule has 1 rings (SSSR count). The third-order valence-electron chi connectivity index (χ3n) is 3.15. The highest BCUT2D eigenvalue weighted by Crippen LogP contribution is 2.21. The predicted octanol–water partition coefficient (Wildman–Crippen LogP) is 3.51. The highest BCUT2D eigenvalue weighted by molar-refractivity contribution is 9.10. The molecular weight excluding hydrogens is 337 g/mol. The Morgan fingerprint density at radius 1 is 1.48 bits per heavy atom. The molecule has 0 fully saturated rings. The van der Waals surface area contributed by atoms with Crippen LogP contribution in [0.2, 0.25) is 0 Å². The van der Waals surface area contributed by atoms with Crippen molar-refractivity contribution < 1.29 is 14.3 Å². The molecule has 2 N–H and O–H groups in total. The minimum atomic E-state index is -0.384. The Hall–Kier alpha value is -1.20. The van der Waals surface area contributed by atoms with E-state index in [0.717, 1.165) is 4.47 Å². The zero-order valence-corrected chi connectivity index (χ0v) is 14.1. The predicted molar refractivity (Wildman–Crippen MR) is 86.2 cm³/mol. The van der Waals surface area contributed by atoms with Gasteiger partial charge in [0, 0.05) is 28.8 Å². The lowest BCUT2D eigenvalue weighted by Crippen LogP contribution is -2.43. The van der Waals surface area contributed by atoms with E-state index in [1.165, 1.54) is 18.2 Å². The second kappa shape index (κ2) is 7.71. The van der Waals surface area contributed by atoms with Crippen molar-refractivity contribution in [2.24, 2.45) is 5.41 Å². The van der Waals surface area contributed by atoms with Crippen molar-refractivity contribution in [3.05, 3.63) is 40.1 Å². The maximum atomic E-state index is 13.6. The number of halogens is 2. The quantitative estimate of drug-likeness (QED) is 0.792. The fraction of sp³-hybridized carbons (Fsp3) is 0.438. The molecule has 0 heterocycles. The van der Waals surface area contributed by atoms with Gasteiger partial charge in [-0.05, 0) is 36.1 Å². The third kappa shape index (κ3) is 5.98. The Kier molecular flexibility index (Phi) is 6.55. The molecule has 0 bridgehead atoms. The van der Waals surface area contributed by atoms with E-state index >= 15 is 0 Å². The maximum absolute atomic E-state index is 13.6. The van der Waals surface area contributed by atoms with E-state index in [9.17, 15) is 9.18 Å². The number of rotatable bonds is 5. The van der Waals surface area contributed by atoms with E-state index in [2.05, 4.69) is 21.2 Å². The number of carbonyl (C=O) groups is 1. The standard InChI is InChI=1S/C16H21BrFNO2/c1-16(2,3)14(8-9-20)19-15(21)7-4-11-10-12(17)5-6-13(11)18/h4-7,10,14,20H,8-9H2,1-3H3,(H,19,21)/b7-4+. The molecule has 0 radical (unpaired) electrons. The van der Waals surface area contributed by atoms with Gasteiger partial charge in [0.15, 0.2) is 0 Å². The molecule has 1 atom stereocenters. The average Bonchev–Trinajstić information content (AvgIpc) is 2.38. The number of hydrogen-bond acceptors (Lipinski definition) is 2. The summed E-state index contributed by atoms with van der Waals surface area (Å²) in [6.07, 6.45) is 3.23. The Balaban J connectivity index is 2.76. The van der Waals surface area contributed by atoms with E-state index in [4.69, 9.17) is 5.11 Å². The van der Waals surface area contributed by atoms with Crippen molar-refractivity contribution >= 4 is 27.9 Å². The lowest BCUT2D eigenvalue weighted by molar-refractivity contribution is -0.118. The molecular formula is C16H21BrFNO2. The summed E-state index contributed by atoms with van der Waals surface area (Å²) < 4.78 is 14.3. The van der Waals surface area contributed by atoms with Crippen LogP contribution in [0.4, 0.5) is 4.39 Å². The molecule has 0 aliphatic rings. The molecule has 1 aromatic carbocycles. The van der Waals surface area contributed by atoms with Gasteiger partial charge in [0.1, 0.15) is 5.82 Å². The topological polar surface area (TPSA) is 49.3 Å². The summed E-state index contributed by atoms with van der Waals surface area (Å²) in [5.41, 5.74) is 0.182. The molecule has 0 saturated carbocycles. The first-order chi connectivity index (χ1) is 9.74. The number of nitrogens with one attached hydrogen (secondary N) is 1. The van der Waals surface area contributed by atoms with Crippen LogP contribution in [0.5, 0.6) is 0 Å². The zero-order chi connectivity index (χ0) is 16.0. The molecule has 1 unspecified atom stereocenters. The number of benzene rings is 1. The summed E-state index contributed by atoms with van der Waals surface area (Å²) in [6, 6.07) is 4.40. The first-order valence-corrected chi connectivity index (χ1v) is 7.58. The van der Waals surface area contributed by atoms with Crippen LogP contribution in [0.3, 0.4) is 0 Å². The van der Waals surface area contributed by atoms with Crippen LogP contribution < -0.4 is 5.32 Å². The second-order valence-corrected chi connectivity index (χ2v) is 6.85. The average molecular weight is 358 g/mol. The van der Waals surface area contributed by atoms with Crippen LogP contribution in [0.25, 0.3) is 6.08 Å². The van der Waals surface area contributed by atoms with Crippen LogP contribution in [-0.4, -0.2) is 23.7 Å². The van der Waals surface area contributed by atoms with Crippen molar-refractivity contribution in [1.29, 1.82) is 0 Å². The number of carbonyl (C=O) groups excluding carboxylic acids is 1. The van der Waals surface area contributed by atoms with Gasteiger partial charge in [0.2, 0.25) is 5.91 Å². The lowest BCUT2D eigenvalue weighted by Gasteiger charge is -2.30. The largest absolute Gasteiger partial charge is 0.396 e. The fourth-order valence-electron chi connectivity index (χ4n) is 1.88. The van der Waals surface area contributed by atoms with E-state index < -0.39 is 0 Å². The normalized spacial score (nSPS) is 13.4. The van der Waals surface area contributed by atoms with Crippen LogP contribution in [0.1, 0.15) is 32.8 Å². The SMILES string of the molecule is CC(C)(C)C(CCO)NC(=O)/C=C/c1cc(Br)ccc1F. The van der Waals surface area contributed by atoms with Gasteiger partial charge in [-0.2, -0.15) is 0 Å². The number of hydrogen-bond donors (Lipinski definition) is 2. The van der Waals surface area contributed by atoms with Crippen LogP contribution >= 0.6 is 15.9 Å². The van der Waals surface area contributed by atoms with Gasteiger partial charge >= 0.3 is 0 Å². The van der Waals surface area contributed by atoms with Crippen molar-refractivity contribution in [2.45, 2.75) is 33.2 Å². The Morgan fingerprint density at radius 2 is 2.14 bits per heavy atom. The summed E-state index contributed by atoms with van der Waals surface area (Å²) in [4.78, 5) is 11.9. The summed E-state index contributed by atoms with van der Waals surface area (Å²) >= 11 is 3.26. The van der Waals surface area contributed by atoms with Crippen molar-refractivity contribution in [1.82, 2.24) is 5.32 Å². The number of aliphatic hydroxyl groups is 1. The smallest absolute Gasteiger partial charge is 0.244 e. The Morgan fingerprint density at radius 3 is 2.71 bits per heavy atom. The monoisotopic (exact) mass is 357 g/mol. The number of aliphatic hydroxyl groups excluding tert-OH is 1. The minimum Gasteiger partial charge on any atom is -0.396 e. The zero-order valence-electron chi connectivity index (χ0n) is 12.5. The molecule has 21 heavy (non-hydrogen) atoms. The maximum Gasteiger partial charge on any atom is 0.244 e. The van der Waals surface area contributed by atoms with Gasteiger partial charge < -0.3 is 10.4 Å². The summed E-state index contributed by atoms with van der Waals surface area (Å²) in [6.45, 7) is 5.98. The van der Waals surface area contributed by atoms with E-state index in [1.807, 2.05) is 20.8 Å².